The SMILES string of the molecule is CCCc1cc(CNC)cc(OCCCN(C)C)n1. The van der Waals surface area contributed by atoms with Crippen molar-refractivity contribution in [3.8, 4) is 5.88 Å². The van der Waals surface area contributed by atoms with Gasteiger partial charge in [0, 0.05) is 24.8 Å². The van der Waals surface area contributed by atoms with Gasteiger partial charge in [0.1, 0.15) is 0 Å². The summed E-state index contributed by atoms with van der Waals surface area (Å²) in [6, 6.07) is 4.19. The van der Waals surface area contributed by atoms with Crippen molar-refractivity contribution >= 4 is 0 Å². The van der Waals surface area contributed by atoms with Crippen LogP contribution in [0.3, 0.4) is 0 Å². The summed E-state index contributed by atoms with van der Waals surface area (Å²) in [6.07, 6.45) is 3.13. The molecule has 0 aromatic carbocycles. The van der Waals surface area contributed by atoms with E-state index in [0.717, 1.165) is 50.5 Å². The Morgan fingerprint density at radius 1 is 1.32 bits per heavy atom. The van der Waals surface area contributed by atoms with Gasteiger partial charge in [-0.2, -0.15) is 0 Å². The molecule has 19 heavy (non-hydrogen) atoms. The fourth-order valence-corrected chi connectivity index (χ4v) is 1.94. The van der Waals surface area contributed by atoms with Crippen LogP contribution < -0.4 is 10.1 Å². The minimum atomic E-state index is 0.722. The van der Waals surface area contributed by atoms with Gasteiger partial charge in [0.25, 0.3) is 0 Å². The van der Waals surface area contributed by atoms with Crippen LogP contribution in [0.4, 0.5) is 0 Å². The summed E-state index contributed by atoms with van der Waals surface area (Å²) >= 11 is 0. The number of pyridine rings is 1. The molecule has 0 aliphatic carbocycles. The maximum Gasteiger partial charge on any atom is 0.213 e. The van der Waals surface area contributed by atoms with Crippen molar-refractivity contribution in [3.63, 3.8) is 0 Å². The van der Waals surface area contributed by atoms with Gasteiger partial charge in [-0.05, 0) is 45.6 Å². The first kappa shape index (κ1) is 15.9. The third-order valence-corrected chi connectivity index (χ3v) is 2.80. The van der Waals surface area contributed by atoms with E-state index in [1.165, 1.54) is 5.56 Å². The van der Waals surface area contributed by atoms with E-state index in [0.29, 0.717) is 0 Å². The third kappa shape index (κ3) is 6.55. The Kier molecular flexibility index (Phi) is 7.45. The Balaban J connectivity index is 2.59. The van der Waals surface area contributed by atoms with Gasteiger partial charge in [0.05, 0.1) is 6.61 Å². The number of nitrogens with zero attached hydrogens (tertiary/aromatic N) is 2. The van der Waals surface area contributed by atoms with Crippen LogP contribution in [-0.4, -0.2) is 44.2 Å². The predicted molar refractivity (Wildman–Crippen MR) is 79.7 cm³/mol. The largest absolute Gasteiger partial charge is 0.478 e. The van der Waals surface area contributed by atoms with E-state index in [4.69, 9.17) is 4.74 Å². The lowest BCUT2D eigenvalue weighted by atomic mass is 10.1. The predicted octanol–water partition coefficient (Wildman–Crippen LogP) is 2.08. The molecule has 0 radical (unpaired) electrons. The van der Waals surface area contributed by atoms with E-state index in [1.54, 1.807) is 0 Å². The van der Waals surface area contributed by atoms with E-state index in [9.17, 15) is 0 Å². The first-order valence-corrected chi connectivity index (χ1v) is 7.07. The summed E-state index contributed by atoms with van der Waals surface area (Å²) in [7, 11) is 6.10. The van der Waals surface area contributed by atoms with Crippen LogP contribution >= 0.6 is 0 Å². The fraction of sp³-hybridized carbons (Fsp3) is 0.667. The first-order chi connectivity index (χ1) is 9.15. The molecule has 0 bridgehead atoms. The molecule has 4 heteroatoms. The average molecular weight is 265 g/mol. The van der Waals surface area contributed by atoms with Gasteiger partial charge in [-0.3, -0.25) is 0 Å². The molecule has 0 fully saturated rings. The van der Waals surface area contributed by atoms with Gasteiger partial charge in [0.2, 0.25) is 5.88 Å². The molecular weight excluding hydrogens is 238 g/mol. The zero-order chi connectivity index (χ0) is 14.1. The second-order valence-corrected chi connectivity index (χ2v) is 5.09. The summed E-state index contributed by atoms with van der Waals surface area (Å²) in [6.45, 7) is 4.79. The molecule has 1 aromatic rings. The molecule has 1 aromatic heterocycles. The highest BCUT2D eigenvalue weighted by molar-refractivity contribution is 5.25. The summed E-state index contributed by atoms with van der Waals surface area (Å²) < 4.78 is 5.76. The van der Waals surface area contributed by atoms with Crippen LogP contribution in [-0.2, 0) is 13.0 Å². The van der Waals surface area contributed by atoms with Crippen LogP contribution in [0.25, 0.3) is 0 Å². The second kappa shape index (κ2) is 8.88. The van der Waals surface area contributed by atoms with Crippen molar-refractivity contribution in [1.82, 2.24) is 15.2 Å². The van der Waals surface area contributed by atoms with Gasteiger partial charge in [-0.15, -0.1) is 0 Å². The smallest absolute Gasteiger partial charge is 0.213 e. The Morgan fingerprint density at radius 2 is 2.11 bits per heavy atom. The Bertz CT molecular complexity index is 342. The van der Waals surface area contributed by atoms with Gasteiger partial charge in [0.15, 0.2) is 0 Å². The molecular formula is C15H27N3O. The number of ether oxygens (including phenoxy) is 1. The molecule has 0 amide bonds. The highest BCUT2D eigenvalue weighted by atomic mass is 16.5. The highest BCUT2D eigenvalue weighted by Crippen LogP contribution is 2.14. The molecule has 0 saturated carbocycles. The standard InChI is InChI=1S/C15H27N3O/c1-5-7-14-10-13(12-16-2)11-15(17-14)19-9-6-8-18(3)4/h10-11,16H,5-9,12H2,1-4H3. The van der Waals surface area contributed by atoms with Gasteiger partial charge in [-0.1, -0.05) is 13.3 Å². The maximum absolute atomic E-state index is 5.76. The zero-order valence-electron chi connectivity index (χ0n) is 12.7. The lowest BCUT2D eigenvalue weighted by molar-refractivity contribution is 0.272. The van der Waals surface area contributed by atoms with Crippen LogP contribution in [0.1, 0.15) is 31.0 Å². The number of hydrogen-bond acceptors (Lipinski definition) is 4. The average Bonchev–Trinajstić information content (AvgIpc) is 2.35. The van der Waals surface area contributed by atoms with E-state index in [-0.39, 0.29) is 0 Å². The summed E-state index contributed by atoms with van der Waals surface area (Å²) in [5.74, 6) is 0.759. The third-order valence-electron chi connectivity index (χ3n) is 2.80. The normalized spacial score (nSPS) is 11.0. The maximum atomic E-state index is 5.76. The van der Waals surface area contributed by atoms with E-state index in [1.807, 2.05) is 13.1 Å². The molecule has 0 aliphatic rings. The molecule has 0 aliphatic heterocycles. The van der Waals surface area contributed by atoms with E-state index in [2.05, 4.69) is 42.3 Å². The summed E-state index contributed by atoms with van der Waals surface area (Å²) in [5.41, 5.74) is 2.36. The molecule has 4 nitrogen and oxygen atoms in total. The lowest BCUT2D eigenvalue weighted by Gasteiger charge is -2.12. The van der Waals surface area contributed by atoms with Crippen LogP contribution in [0.5, 0.6) is 5.88 Å². The number of aromatic nitrogens is 1. The van der Waals surface area contributed by atoms with Gasteiger partial charge in [-0.25, -0.2) is 4.98 Å². The fourth-order valence-electron chi connectivity index (χ4n) is 1.94. The number of rotatable bonds is 9. The highest BCUT2D eigenvalue weighted by Gasteiger charge is 2.03. The molecule has 1 rings (SSSR count). The summed E-state index contributed by atoms with van der Waals surface area (Å²) in [4.78, 5) is 6.72. The molecule has 0 unspecified atom stereocenters. The van der Waals surface area contributed by atoms with E-state index >= 15 is 0 Å². The Labute approximate surface area is 117 Å². The molecule has 0 spiro atoms. The van der Waals surface area contributed by atoms with Crippen molar-refractivity contribution < 1.29 is 4.74 Å². The monoisotopic (exact) mass is 265 g/mol. The minimum absolute atomic E-state index is 0.722. The van der Waals surface area contributed by atoms with Crippen LogP contribution in [0, 0.1) is 0 Å². The van der Waals surface area contributed by atoms with Crippen molar-refractivity contribution in [2.45, 2.75) is 32.7 Å². The quantitative estimate of drug-likeness (QED) is 0.694. The van der Waals surface area contributed by atoms with Crippen LogP contribution in [0.2, 0.25) is 0 Å². The van der Waals surface area contributed by atoms with Gasteiger partial charge >= 0.3 is 0 Å². The van der Waals surface area contributed by atoms with Crippen molar-refractivity contribution in [2.24, 2.45) is 0 Å². The second-order valence-electron chi connectivity index (χ2n) is 5.09. The number of nitrogens with one attached hydrogen (secondary N) is 1. The Hall–Kier alpha value is -1.13. The minimum Gasteiger partial charge on any atom is -0.478 e. The lowest BCUT2D eigenvalue weighted by Crippen LogP contribution is -2.16. The van der Waals surface area contributed by atoms with Gasteiger partial charge < -0.3 is 15.0 Å². The first-order valence-electron chi connectivity index (χ1n) is 7.07. The van der Waals surface area contributed by atoms with Crippen molar-refractivity contribution in [2.75, 3.05) is 34.3 Å². The molecule has 1 heterocycles. The van der Waals surface area contributed by atoms with Crippen molar-refractivity contribution in [1.29, 1.82) is 0 Å². The number of aryl methyl sites for hydroxylation is 1. The van der Waals surface area contributed by atoms with Crippen molar-refractivity contribution in [3.05, 3.63) is 23.4 Å². The Morgan fingerprint density at radius 3 is 2.74 bits per heavy atom. The van der Waals surface area contributed by atoms with E-state index < -0.39 is 0 Å². The number of hydrogen-bond donors (Lipinski definition) is 1. The zero-order valence-corrected chi connectivity index (χ0v) is 12.7. The molecule has 1 N–H and O–H groups in total. The van der Waals surface area contributed by atoms with Crippen LogP contribution in [0.15, 0.2) is 12.1 Å². The topological polar surface area (TPSA) is 37.4 Å². The molecule has 0 atom stereocenters. The summed E-state index contributed by atoms with van der Waals surface area (Å²) in [5, 5.41) is 3.17. The molecule has 0 saturated heterocycles. The molecule has 108 valence electrons.